The molecule has 0 fully saturated rings. The number of aromatic nitrogens is 2. The fourth-order valence-electron chi connectivity index (χ4n) is 0.215. The summed E-state index contributed by atoms with van der Waals surface area (Å²) in [5.41, 5.74) is 0. The van der Waals surface area contributed by atoms with Crippen molar-refractivity contribution in [2.45, 2.75) is 0 Å². The molecular weight excluding hydrogens is 192 g/mol. The molecule has 0 amide bonds. The molecule has 1 N–H and O–H groups in total. The molecule has 0 atom stereocenters. The van der Waals surface area contributed by atoms with E-state index in [9.17, 15) is 0 Å². The molecule has 0 saturated heterocycles. The van der Waals surface area contributed by atoms with Crippen LogP contribution in [0.5, 0.6) is 0 Å². The quantitative estimate of drug-likeness (QED) is 0.416. The van der Waals surface area contributed by atoms with Gasteiger partial charge in [0.15, 0.2) is 0 Å². The second-order valence-electron chi connectivity index (χ2n) is 1.06. The van der Waals surface area contributed by atoms with Crippen LogP contribution >= 0.6 is 0 Å². The summed E-state index contributed by atoms with van der Waals surface area (Å²) in [5.74, 6) is 0. The Hall–Kier alpha value is 2.15. The number of nitrogens with one attached hydrogen (secondary N) is 1. The van der Waals surface area contributed by atoms with Gasteiger partial charge in [0.05, 0.1) is 0 Å². The summed E-state index contributed by atoms with van der Waals surface area (Å²) in [7, 11) is -2.92. The summed E-state index contributed by atoms with van der Waals surface area (Å²) >= 11 is 0. The molecule has 5 nitrogen and oxygen atoms in total. The summed E-state index contributed by atoms with van der Waals surface area (Å²) in [6, 6.07) is 1.83. The fraction of sp³-hybridized carbons (Fsp3) is 0. The Morgan fingerprint density at radius 2 is 1.50 bits per heavy atom. The van der Waals surface area contributed by atoms with Gasteiger partial charge in [-0.05, 0) is 6.07 Å². The predicted octanol–water partition coefficient (Wildman–Crippen LogP) is -12.5. The summed E-state index contributed by atoms with van der Waals surface area (Å²) in [6.07, 6.45) is 3.46. The Balaban J connectivity index is -0.0000000436. The van der Waals surface area contributed by atoms with Crippen molar-refractivity contribution >= 4 is 7.32 Å². The van der Waals surface area contributed by atoms with Crippen LogP contribution in [0.25, 0.3) is 0 Å². The average Bonchev–Trinajstić information content (AvgIpc) is 2.11. The van der Waals surface area contributed by atoms with Gasteiger partial charge in [0.25, 0.3) is 0 Å². The normalized spacial score (nSPS) is 5.58. The SMILES string of the molecule is [Na+].[Na+].[Na+].[O-]B([O-])[O-].c1cn[nH]c1. The van der Waals surface area contributed by atoms with Crippen LogP contribution in [-0.2, 0) is 0 Å². The van der Waals surface area contributed by atoms with Crippen LogP contribution in [0, 0.1) is 0 Å². The Morgan fingerprint density at radius 3 is 1.58 bits per heavy atom. The summed E-state index contributed by atoms with van der Waals surface area (Å²) in [5, 5.41) is 31.5. The minimum Gasteiger partial charge on any atom is -0.907 e. The van der Waals surface area contributed by atoms with E-state index >= 15 is 0 Å². The number of hydrogen-bond donors (Lipinski definition) is 1. The van der Waals surface area contributed by atoms with Crippen molar-refractivity contribution in [3.05, 3.63) is 18.5 Å². The summed E-state index contributed by atoms with van der Waals surface area (Å²) in [4.78, 5) is 0. The molecule has 12 heavy (non-hydrogen) atoms. The van der Waals surface area contributed by atoms with Crippen molar-refractivity contribution in [3.8, 4) is 0 Å². The van der Waals surface area contributed by atoms with Crippen molar-refractivity contribution in [3.63, 3.8) is 0 Å². The number of aromatic amines is 1. The van der Waals surface area contributed by atoms with Gasteiger partial charge in [0.1, 0.15) is 0 Å². The van der Waals surface area contributed by atoms with E-state index in [2.05, 4.69) is 10.2 Å². The zero-order valence-corrected chi connectivity index (χ0v) is 13.5. The van der Waals surface area contributed by atoms with E-state index in [4.69, 9.17) is 15.1 Å². The molecule has 0 unspecified atom stereocenters. The smallest absolute Gasteiger partial charge is 0.907 e. The average molecular weight is 196 g/mol. The van der Waals surface area contributed by atoms with Crippen molar-refractivity contribution in [2.75, 3.05) is 0 Å². The van der Waals surface area contributed by atoms with E-state index in [1.807, 2.05) is 6.07 Å². The number of nitrogens with zero attached hydrogens (tertiary/aromatic N) is 1. The second kappa shape index (κ2) is 18.8. The van der Waals surface area contributed by atoms with E-state index in [0.29, 0.717) is 0 Å². The van der Waals surface area contributed by atoms with Crippen LogP contribution in [0.15, 0.2) is 18.5 Å². The molecule has 9 heteroatoms. The van der Waals surface area contributed by atoms with Crippen molar-refractivity contribution in [2.24, 2.45) is 0 Å². The Labute approximate surface area is 137 Å². The third kappa shape index (κ3) is 29.5. The van der Waals surface area contributed by atoms with Gasteiger partial charge in [-0.1, -0.05) is 0 Å². The summed E-state index contributed by atoms with van der Waals surface area (Å²) in [6.45, 7) is 0. The molecule has 0 bridgehead atoms. The maximum Gasteiger partial charge on any atom is 1.00 e. The molecule has 1 aromatic heterocycles. The van der Waals surface area contributed by atoms with Gasteiger partial charge < -0.3 is 15.1 Å². The van der Waals surface area contributed by atoms with Crippen molar-refractivity contribution in [1.29, 1.82) is 0 Å². The summed E-state index contributed by atoms with van der Waals surface area (Å²) < 4.78 is 0. The van der Waals surface area contributed by atoms with Gasteiger partial charge in [0.2, 0.25) is 0 Å². The Morgan fingerprint density at radius 1 is 1.08 bits per heavy atom. The van der Waals surface area contributed by atoms with Crippen LogP contribution < -0.4 is 104 Å². The van der Waals surface area contributed by atoms with E-state index in [1.54, 1.807) is 12.4 Å². The maximum absolute atomic E-state index is 8.42. The first-order chi connectivity index (χ1) is 4.23. The molecule has 1 heterocycles. The molecule has 0 aliphatic carbocycles. The maximum atomic E-state index is 8.42. The van der Waals surface area contributed by atoms with E-state index in [1.165, 1.54) is 0 Å². The van der Waals surface area contributed by atoms with E-state index in [-0.39, 0.29) is 88.7 Å². The van der Waals surface area contributed by atoms with Gasteiger partial charge in [-0.25, -0.2) is 0 Å². The molecule has 0 aliphatic heterocycles. The van der Waals surface area contributed by atoms with Gasteiger partial charge in [-0.3, -0.25) is 12.4 Å². The third-order valence-corrected chi connectivity index (χ3v) is 0.406. The molecule has 0 aliphatic rings. The van der Waals surface area contributed by atoms with E-state index in [0.717, 1.165) is 0 Å². The van der Waals surface area contributed by atoms with E-state index < -0.39 is 7.32 Å². The van der Waals surface area contributed by atoms with Crippen LogP contribution in [-0.4, -0.2) is 17.5 Å². The molecule has 0 radical (unpaired) electrons. The van der Waals surface area contributed by atoms with Gasteiger partial charge >= 0.3 is 88.7 Å². The van der Waals surface area contributed by atoms with Crippen LogP contribution in [0.3, 0.4) is 0 Å². The molecule has 0 aromatic carbocycles. The Kier molecular flexibility index (Phi) is 37.3. The van der Waals surface area contributed by atoms with Gasteiger partial charge in [0, 0.05) is 12.4 Å². The minimum absolute atomic E-state index is 0. The second-order valence-corrected chi connectivity index (χ2v) is 1.06. The van der Waals surface area contributed by atoms with Crippen molar-refractivity contribution < 1.29 is 104 Å². The minimum atomic E-state index is -2.92. The largest absolute Gasteiger partial charge is 1.00 e. The Bertz CT molecular complexity index is 110. The molecule has 1 aromatic rings. The molecule has 0 spiro atoms. The van der Waals surface area contributed by atoms with Gasteiger partial charge in [-0.2, -0.15) is 5.10 Å². The van der Waals surface area contributed by atoms with Crippen molar-refractivity contribution in [1.82, 2.24) is 10.2 Å². The third-order valence-electron chi connectivity index (χ3n) is 0.406. The molecular formula is C3H4BN2Na3O3. The first-order valence-corrected chi connectivity index (χ1v) is 2.14. The topological polar surface area (TPSA) is 97.9 Å². The van der Waals surface area contributed by atoms with Crippen LogP contribution in [0.4, 0.5) is 0 Å². The van der Waals surface area contributed by atoms with Gasteiger partial charge in [-0.15, -0.1) is 0 Å². The zero-order chi connectivity index (χ0) is 7.11. The van der Waals surface area contributed by atoms with Crippen LogP contribution in [0.1, 0.15) is 0 Å². The molecule has 1 rings (SSSR count). The number of hydrogen-bond acceptors (Lipinski definition) is 4. The standard InChI is InChI=1S/C3H4N2.BO3.3Na/c1-2-4-5-3-1;2-1(3)4;;;/h1-3H,(H,4,5);;;;/q;-3;3*+1. The molecule has 50 valence electrons. The zero-order valence-electron chi connectivity index (χ0n) is 7.48. The number of rotatable bonds is 0. The first-order valence-electron chi connectivity index (χ1n) is 2.14. The monoisotopic (exact) mass is 196 g/mol. The number of H-pyrrole nitrogens is 1. The first kappa shape index (κ1) is 23.8. The van der Waals surface area contributed by atoms with Crippen LogP contribution in [0.2, 0.25) is 0 Å². The molecule has 0 saturated carbocycles. The predicted molar refractivity (Wildman–Crippen MR) is 24.3 cm³/mol. The fourth-order valence-corrected chi connectivity index (χ4v) is 0.215.